The molecule has 10 nitrogen and oxygen atoms in total. The zero-order valence-corrected chi connectivity index (χ0v) is 23.4. The van der Waals surface area contributed by atoms with E-state index in [1.54, 1.807) is 0 Å². The van der Waals surface area contributed by atoms with Crippen LogP contribution in [0.4, 0.5) is 0 Å². The van der Waals surface area contributed by atoms with E-state index in [1.807, 2.05) is 0 Å². The summed E-state index contributed by atoms with van der Waals surface area (Å²) in [5, 5.41) is 22.3. The molecule has 0 aromatic carbocycles. The molecule has 0 radical (unpaired) electrons. The van der Waals surface area contributed by atoms with Gasteiger partial charge < -0.3 is 25.0 Å². The van der Waals surface area contributed by atoms with Crippen molar-refractivity contribution in [1.29, 1.82) is 0 Å². The molecule has 1 heterocycles. The molecule has 1 aliphatic rings. The molecule has 4 N–H and O–H groups in total. The van der Waals surface area contributed by atoms with E-state index in [-0.39, 0.29) is 6.61 Å². The molecule has 0 unspecified atom stereocenters. The van der Waals surface area contributed by atoms with Crippen LogP contribution >= 0.6 is 0 Å². The number of unbranched alkanes of at least 4 members (excludes halogenated alkanes) is 12. The second-order valence-electron chi connectivity index (χ2n) is 9.74. The summed E-state index contributed by atoms with van der Waals surface area (Å²) in [5.74, 6) is -0.530. The number of hydrogen-bond donors (Lipinski definition) is 4. The first-order valence-corrected chi connectivity index (χ1v) is 15.2. The third-order valence-electron chi connectivity index (χ3n) is 6.39. The van der Waals surface area contributed by atoms with Crippen molar-refractivity contribution in [2.75, 3.05) is 13.2 Å². The van der Waals surface area contributed by atoms with Crippen LogP contribution in [0.25, 0.3) is 0 Å². The molecule has 1 rings (SSSR count). The third-order valence-corrected chi connectivity index (χ3v) is 6.86. The Morgan fingerprint density at radius 1 is 0.946 bits per heavy atom. The monoisotopic (exact) mass is 551 g/mol. The predicted octanol–water partition coefficient (Wildman–Crippen LogP) is 3.81. The van der Waals surface area contributed by atoms with Crippen molar-refractivity contribution >= 4 is 16.3 Å². The fourth-order valence-corrected chi connectivity index (χ4v) is 4.92. The van der Waals surface area contributed by atoms with Crippen molar-refractivity contribution in [1.82, 2.24) is 5.32 Å². The van der Waals surface area contributed by atoms with E-state index in [2.05, 4.69) is 28.6 Å². The average Bonchev–Trinajstić information content (AvgIpc) is 2.83. The zero-order valence-electron chi connectivity index (χ0n) is 22.6. The van der Waals surface area contributed by atoms with Gasteiger partial charge in [-0.25, -0.2) is 4.18 Å². The number of carbonyl (C=O) groups is 1. The predicted molar refractivity (Wildman–Crippen MR) is 141 cm³/mol. The highest BCUT2D eigenvalue weighted by Crippen LogP contribution is 2.26. The smallest absolute Gasteiger partial charge is 0.394 e. The van der Waals surface area contributed by atoms with Gasteiger partial charge in [-0.3, -0.25) is 9.35 Å². The summed E-state index contributed by atoms with van der Waals surface area (Å²) in [4.78, 5) is 11.6. The molecule has 0 aromatic rings. The highest BCUT2D eigenvalue weighted by atomic mass is 32.3. The van der Waals surface area contributed by atoms with Crippen LogP contribution in [-0.4, -0.2) is 72.9 Å². The summed E-state index contributed by atoms with van der Waals surface area (Å²) >= 11 is 0. The highest BCUT2D eigenvalue weighted by molar-refractivity contribution is 7.80. The number of aliphatic hydroxyl groups is 2. The van der Waals surface area contributed by atoms with E-state index in [0.29, 0.717) is 0 Å². The van der Waals surface area contributed by atoms with Crippen LogP contribution in [0.15, 0.2) is 12.2 Å². The average molecular weight is 552 g/mol. The number of carbonyl (C=O) groups excluding carboxylic acids is 1. The fourth-order valence-electron chi connectivity index (χ4n) is 4.40. The Morgan fingerprint density at radius 2 is 1.49 bits per heavy atom. The number of amides is 1. The number of nitrogens with one attached hydrogen (secondary N) is 1. The molecule has 0 aliphatic carbocycles. The summed E-state index contributed by atoms with van der Waals surface area (Å²) in [6.45, 7) is 3.09. The van der Waals surface area contributed by atoms with Gasteiger partial charge in [0.2, 0.25) is 5.91 Å². The maximum absolute atomic E-state index is 11.6. The summed E-state index contributed by atoms with van der Waals surface area (Å²) in [6.07, 6.45) is 15.5. The van der Waals surface area contributed by atoms with Gasteiger partial charge in [0.25, 0.3) is 0 Å². The van der Waals surface area contributed by atoms with E-state index >= 15 is 0 Å². The fraction of sp³-hybridized carbons (Fsp3) is 0.885. The normalized spacial score (nSPS) is 24.5. The molecule has 5 atom stereocenters. The number of hydrogen-bond acceptors (Lipinski definition) is 8. The molecule has 0 aromatic heterocycles. The van der Waals surface area contributed by atoms with E-state index in [1.165, 1.54) is 64.7 Å². The summed E-state index contributed by atoms with van der Waals surface area (Å²) in [6, 6.07) is -1.20. The van der Waals surface area contributed by atoms with Gasteiger partial charge in [-0.15, -0.1) is 0 Å². The van der Waals surface area contributed by atoms with E-state index in [9.17, 15) is 23.4 Å². The molecule has 1 saturated heterocycles. The van der Waals surface area contributed by atoms with Gasteiger partial charge in [0.1, 0.15) is 24.4 Å². The number of rotatable bonds is 21. The topological polar surface area (TPSA) is 152 Å². The summed E-state index contributed by atoms with van der Waals surface area (Å²) < 4.78 is 47.5. The first-order valence-electron chi connectivity index (χ1n) is 13.8. The first kappa shape index (κ1) is 33.9. The summed E-state index contributed by atoms with van der Waals surface area (Å²) in [7, 11) is -4.94. The van der Waals surface area contributed by atoms with Crippen LogP contribution in [0.1, 0.15) is 104 Å². The van der Waals surface area contributed by atoms with Crippen molar-refractivity contribution < 1.29 is 41.6 Å². The second-order valence-corrected chi connectivity index (χ2v) is 10.8. The van der Waals surface area contributed by atoms with Crippen LogP contribution in [0.3, 0.4) is 0 Å². The van der Waals surface area contributed by atoms with Gasteiger partial charge >= 0.3 is 10.4 Å². The molecule has 218 valence electrons. The molecule has 0 saturated carbocycles. The van der Waals surface area contributed by atoms with Crippen LogP contribution in [-0.2, 0) is 28.9 Å². The Morgan fingerprint density at radius 3 is 2.00 bits per heavy atom. The lowest BCUT2D eigenvalue weighted by Gasteiger charge is -2.43. The maximum Gasteiger partial charge on any atom is 0.397 e. The number of ether oxygens (including phenoxy) is 2. The van der Waals surface area contributed by atoms with Gasteiger partial charge in [-0.2, -0.15) is 8.42 Å². The van der Waals surface area contributed by atoms with Crippen LogP contribution in [0.2, 0.25) is 0 Å². The molecule has 0 spiro atoms. The molecule has 11 heteroatoms. The van der Waals surface area contributed by atoms with Crippen molar-refractivity contribution in [2.45, 2.75) is 134 Å². The van der Waals surface area contributed by atoms with Crippen molar-refractivity contribution in [3.63, 3.8) is 0 Å². The Labute approximate surface area is 223 Å². The lowest BCUT2D eigenvalue weighted by Crippen LogP contribution is -2.65. The van der Waals surface area contributed by atoms with Crippen LogP contribution in [0.5, 0.6) is 0 Å². The molecule has 0 bridgehead atoms. The Balaban J connectivity index is 2.26. The molecule has 37 heavy (non-hydrogen) atoms. The lowest BCUT2D eigenvalue weighted by molar-refractivity contribution is -0.266. The SMILES string of the molecule is CCCCCCCC/C=C\CCCCCCCCO[C@H]1O[C@H](CO)[C@@H](O)[C@H](OS(=O)(=O)O)[C@H]1NC(C)=O. The summed E-state index contributed by atoms with van der Waals surface area (Å²) in [5.41, 5.74) is 0. The largest absolute Gasteiger partial charge is 0.397 e. The van der Waals surface area contributed by atoms with Crippen molar-refractivity contribution in [3.8, 4) is 0 Å². The standard InChI is InChI=1S/C26H49NO9S/c1-3-4-5-6-7-8-9-10-11-12-13-14-15-16-17-18-19-34-26-23(27-21(2)29)25(36-37(31,32)33)24(30)22(20-28)35-26/h10-11,22-26,28,30H,3-9,12-20H2,1-2H3,(H,27,29)(H,31,32,33)/b11-10-/t22-,23-,24-,25-,26+/m1/s1. The van der Waals surface area contributed by atoms with E-state index in [4.69, 9.17) is 14.0 Å². The zero-order chi connectivity index (χ0) is 27.5. The van der Waals surface area contributed by atoms with E-state index in [0.717, 1.165) is 32.1 Å². The lowest BCUT2D eigenvalue weighted by atomic mass is 9.97. The Hall–Kier alpha value is -1.08. The Bertz CT molecular complexity index is 732. The molecule has 1 aliphatic heterocycles. The first-order chi connectivity index (χ1) is 17.7. The molecular weight excluding hydrogens is 502 g/mol. The number of aliphatic hydroxyl groups excluding tert-OH is 2. The van der Waals surface area contributed by atoms with Crippen LogP contribution < -0.4 is 5.32 Å². The van der Waals surface area contributed by atoms with Gasteiger partial charge in [0.05, 0.1) is 6.61 Å². The number of allylic oxidation sites excluding steroid dienone is 2. The van der Waals surface area contributed by atoms with Crippen molar-refractivity contribution in [3.05, 3.63) is 12.2 Å². The minimum Gasteiger partial charge on any atom is -0.394 e. The second kappa shape index (κ2) is 19.9. The molecule has 1 amide bonds. The maximum atomic E-state index is 11.6. The van der Waals surface area contributed by atoms with Gasteiger partial charge in [-0.05, 0) is 32.1 Å². The van der Waals surface area contributed by atoms with Crippen molar-refractivity contribution in [2.24, 2.45) is 0 Å². The quantitative estimate of drug-likeness (QED) is 0.0948. The van der Waals surface area contributed by atoms with Gasteiger partial charge in [0.15, 0.2) is 6.29 Å². The van der Waals surface area contributed by atoms with Crippen LogP contribution in [0, 0.1) is 0 Å². The molecular formula is C26H49NO9S. The molecule has 1 fully saturated rings. The minimum absolute atomic E-state index is 0.273. The highest BCUT2D eigenvalue weighted by Gasteiger charge is 2.48. The van der Waals surface area contributed by atoms with E-state index < -0.39 is 53.6 Å². The van der Waals surface area contributed by atoms with Gasteiger partial charge in [0, 0.05) is 13.5 Å². The third kappa shape index (κ3) is 15.8. The van der Waals surface area contributed by atoms with Gasteiger partial charge in [-0.1, -0.05) is 76.9 Å². The Kier molecular flexibility index (Phi) is 18.3. The minimum atomic E-state index is -4.94.